The summed E-state index contributed by atoms with van der Waals surface area (Å²) in [5, 5.41) is 10.7. The fourth-order valence-corrected chi connectivity index (χ4v) is 3.43. The van der Waals surface area contributed by atoms with Gasteiger partial charge in [0.15, 0.2) is 0 Å². The van der Waals surface area contributed by atoms with Crippen LogP contribution in [-0.4, -0.2) is 15.7 Å². The van der Waals surface area contributed by atoms with E-state index in [1.54, 1.807) is 17.1 Å². The zero-order chi connectivity index (χ0) is 19.8. The first-order valence-electron chi connectivity index (χ1n) is 9.25. The van der Waals surface area contributed by atoms with Gasteiger partial charge in [-0.3, -0.25) is 9.48 Å². The SMILES string of the molecule is Cn1nc(-c2ccccc2)cc1N/C=C1\C(=O)Nc2cc(-c3ccco3)ccc21. The van der Waals surface area contributed by atoms with E-state index in [9.17, 15) is 4.79 Å². The van der Waals surface area contributed by atoms with Crippen LogP contribution in [0.5, 0.6) is 0 Å². The fourth-order valence-electron chi connectivity index (χ4n) is 3.43. The molecule has 142 valence electrons. The molecule has 3 heterocycles. The molecule has 0 radical (unpaired) electrons. The summed E-state index contributed by atoms with van der Waals surface area (Å²) in [5.41, 5.74) is 5.03. The predicted molar refractivity (Wildman–Crippen MR) is 113 cm³/mol. The van der Waals surface area contributed by atoms with Gasteiger partial charge in [0.05, 0.1) is 17.5 Å². The molecule has 5 rings (SSSR count). The van der Waals surface area contributed by atoms with Crippen molar-refractivity contribution in [2.75, 3.05) is 10.6 Å². The molecule has 1 aliphatic rings. The largest absolute Gasteiger partial charge is 0.464 e. The van der Waals surface area contributed by atoms with Crippen molar-refractivity contribution in [1.29, 1.82) is 0 Å². The van der Waals surface area contributed by atoms with Crippen LogP contribution in [0.3, 0.4) is 0 Å². The maximum atomic E-state index is 12.5. The van der Waals surface area contributed by atoms with Crippen LogP contribution in [-0.2, 0) is 11.8 Å². The molecule has 0 spiro atoms. The second-order valence-corrected chi connectivity index (χ2v) is 6.80. The molecule has 6 heteroatoms. The first-order valence-corrected chi connectivity index (χ1v) is 9.25. The Hall–Kier alpha value is -4.06. The molecule has 6 nitrogen and oxygen atoms in total. The molecule has 0 saturated heterocycles. The summed E-state index contributed by atoms with van der Waals surface area (Å²) in [6, 6.07) is 21.5. The van der Waals surface area contributed by atoms with Gasteiger partial charge in [0.25, 0.3) is 5.91 Å². The number of aromatic nitrogens is 2. The Morgan fingerprint density at radius 2 is 1.90 bits per heavy atom. The zero-order valence-corrected chi connectivity index (χ0v) is 15.7. The number of hydrogen-bond donors (Lipinski definition) is 2. The van der Waals surface area contributed by atoms with Crippen molar-refractivity contribution in [2.45, 2.75) is 0 Å². The van der Waals surface area contributed by atoms with Gasteiger partial charge in [-0.05, 0) is 18.2 Å². The maximum absolute atomic E-state index is 12.5. The minimum atomic E-state index is -0.144. The van der Waals surface area contributed by atoms with E-state index in [-0.39, 0.29) is 5.91 Å². The highest BCUT2D eigenvalue weighted by atomic mass is 16.3. The summed E-state index contributed by atoms with van der Waals surface area (Å²) in [4.78, 5) is 12.5. The van der Waals surface area contributed by atoms with Gasteiger partial charge in [0.2, 0.25) is 0 Å². The first kappa shape index (κ1) is 17.1. The Labute approximate surface area is 167 Å². The highest BCUT2D eigenvalue weighted by molar-refractivity contribution is 6.31. The van der Waals surface area contributed by atoms with Crippen LogP contribution >= 0.6 is 0 Å². The number of fused-ring (bicyclic) bond motifs is 1. The van der Waals surface area contributed by atoms with Crippen molar-refractivity contribution < 1.29 is 9.21 Å². The molecule has 0 saturated carbocycles. The highest BCUT2D eigenvalue weighted by Gasteiger charge is 2.25. The molecule has 0 aliphatic carbocycles. The van der Waals surface area contributed by atoms with Crippen LogP contribution in [0.25, 0.3) is 28.2 Å². The number of benzene rings is 2. The molecule has 4 aromatic rings. The van der Waals surface area contributed by atoms with Gasteiger partial charge in [0, 0.05) is 41.7 Å². The predicted octanol–water partition coefficient (Wildman–Crippen LogP) is 4.75. The Balaban J connectivity index is 1.43. The zero-order valence-electron chi connectivity index (χ0n) is 15.7. The Kier molecular flexibility index (Phi) is 4.02. The number of nitrogens with one attached hydrogen (secondary N) is 2. The van der Waals surface area contributed by atoms with Gasteiger partial charge in [0.1, 0.15) is 11.6 Å². The van der Waals surface area contributed by atoms with E-state index < -0.39 is 0 Å². The minimum Gasteiger partial charge on any atom is -0.464 e. The summed E-state index contributed by atoms with van der Waals surface area (Å²) in [7, 11) is 1.87. The van der Waals surface area contributed by atoms with Gasteiger partial charge in [-0.15, -0.1) is 0 Å². The lowest BCUT2D eigenvalue weighted by Gasteiger charge is -2.03. The van der Waals surface area contributed by atoms with E-state index in [1.807, 2.05) is 73.8 Å². The number of carbonyl (C=O) groups excluding carboxylic acids is 1. The molecular formula is C23H18N4O2. The van der Waals surface area contributed by atoms with Crippen molar-refractivity contribution in [3.8, 4) is 22.6 Å². The molecule has 0 unspecified atom stereocenters. The molecule has 29 heavy (non-hydrogen) atoms. The van der Waals surface area contributed by atoms with Crippen LogP contribution in [0.4, 0.5) is 11.5 Å². The van der Waals surface area contributed by atoms with Crippen molar-refractivity contribution in [3.05, 3.63) is 84.8 Å². The summed E-state index contributed by atoms with van der Waals surface area (Å²) >= 11 is 0. The minimum absolute atomic E-state index is 0.144. The summed E-state index contributed by atoms with van der Waals surface area (Å²) in [6.45, 7) is 0. The van der Waals surface area contributed by atoms with Gasteiger partial charge in [-0.1, -0.05) is 42.5 Å². The summed E-state index contributed by atoms with van der Waals surface area (Å²) in [6.07, 6.45) is 3.35. The van der Waals surface area contributed by atoms with Crippen molar-refractivity contribution >= 4 is 23.0 Å². The average Bonchev–Trinajstić information content (AvgIpc) is 3.46. The fraction of sp³-hybridized carbons (Fsp3) is 0.0435. The maximum Gasteiger partial charge on any atom is 0.257 e. The third-order valence-corrected chi connectivity index (χ3v) is 4.92. The number of aryl methyl sites for hydroxylation is 1. The van der Waals surface area contributed by atoms with Crippen LogP contribution in [0.1, 0.15) is 5.56 Å². The molecule has 0 atom stereocenters. The van der Waals surface area contributed by atoms with Crippen molar-refractivity contribution in [3.63, 3.8) is 0 Å². The standard InChI is InChI=1S/C23H18N4O2/c1-27-22(13-19(26-27)15-6-3-2-4-7-15)24-14-18-17-10-9-16(21-8-5-11-29-21)12-20(17)25-23(18)28/h2-14,24H,1H3,(H,25,28)/b18-14-. The van der Waals surface area contributed by atoms with Crippen LogP contribution in [0.15, 0.2) is 83.6 Å². The third-order valence-electron chi connectivity index (χ3n) is 4.92. The van der Waals surface area contributed by atoms with E-state index in [0.29, 0.717) is 5.57 Å². The number of anilines is 2. The van der Waals surface area contributed by atoms with Gasteiger partial charge < -0.3 is 15.1 Å². The van der Waals surface area contributed by atoms with E-state index >= 15 is 0 Å². The first-order chi connectivity index (χ1) is 14.2. The molecule has 2 N–H and O–H groups in total. The van der Waals surface area contributed by atoms with E-state index in [1.165, 1.54) is 0 Å². The molecule has 0 bridgehead atoms. The number of carbonyl (C=O) groups is 1. The van der Waals surface area contributed by atoms with Crippen LogP contribution in [0.2, 0.25) is 0 Å². The van der Waals surface area contributed by atoms with Crippen molar-refractivity contribution in [1.82, 2.24) is 9.78 Å². The molecule has 1 amide bonds. The van der Waals surface area contributed by atoms with Gasteiger partial charge in [-0.2, -0.15) is 5.10 Å². The molecule has 2 aromatic carbocycles. The van der Waals surface area contributed by atoms with Crippen molar-refractivity contribution in [2.24, 2.45) is 7.05 Å². The molecule has 2 aromatic heterocycles. The number of furan rings is 1. The lowest BCUT2D eigenvalue weighted by molar-refractivity contribution is -0.110. The van der Waals surface area contributed by atoms with Gasteiger partial charge >= 0.3 is 0 Å². The van der Waals surface area contributed by atoms with Gasteiger partial charge in [-0.25, -0.2) is 0 Å². The topological polar surface area (TPSA) is 72.1 Å². The number of nitrogens with zero attached hydrogens (tertiary/aromatic N) is 2. The smallest absolute Gasteiger partial charge is 0.257 e. The number of amides is 1. The molecule has 0 fully saturated rings. The lowest BCUT2D eigenvalue weighted by atomic mass is 10.0. The Bertz CT molecular complexity index is 1220. The summed E-state index contributed by atoms with van der Waals surface area (Å²) in [5.74, 6) is 1.42. The molecule has 1 aliphatic heterocycles. The molecular weight excluding hydrogens is 364 g/mol. The summed E-state index contributed by atoms with van der Waals surface area (Å²) < 4.78 is 7.20. The van der Waals surface area contributed by atoms with E-state index in [0.717, 1.165) is 39.6 Å². The van der Waals surface area contributed by atoms with Crippen LogP contribution in [0, 0.1) is 0 Å². The van der Waals surface area contributed by atoms with E-state index in [4.69, 9.17) is 4.42 Å². The Morgan fingerprint density at radius 3 is 2.69 bits per heavy atom. The van der Waals surface area contributed by atoms with Crippen LogP contribution < -0.4 is 10.6 Å². The number of hydrogen-bond acceptors (Lipinski definition) is 4. The quantitative estimate of drug-likeness (QED) is 0.500. The second kappa shape index (κ2) is 6.83. The third kappa shape index (κ3) is 3.10. The normalized spacial score (nSPS) is 14.1. The highest BCUT2D eigenvalue weighted by Crippen LogP contribution is 2.35. The monoisotopic (exact) mass is 382 g/mol. The average molecular weight is 382 g/mol. The lowest BCUT2D eigenvalue weighted by Crippen LogP contribution is -2.06. The number of rotatable bonds is 4. The second-order valence-electron chi connectivity index (χ2n) is 6.80. The Morgan fingerprint density at radius 1 is 1.03 bits per heavy atom. The van der Waals surface area contributed by atoms with E-state index in [2.05, 4.69) is 15.7 Å².